The molecule has 7 heteroatoms. The number of fused-ring (bicyclic) bond motifs is 1. The maximum Gasteiger partial charge on any atom is 2.00 e. The normalized spacial score (nSPS) is 12.3. The van der Waals surface area contributed by atoms with Crippen molar-refractivity contribution in [2.75, 3.05) is 0 Å². The van der Waals surface area contributed by atoms with Crippen LogP contribution < -0.4 is 4.74 Å². The van der Waals surface area contributed by atoms with E-state index in [0.717, 1.165) is 39.7 Å². The van der Waals surface area contributed by atoms with Gasteiger partial charge in [-0.1, -0.05) is 68.5 Å². The zero-order valence-electron chi connectivity index (χ0n) is 27.2. The summed E-state index contributed by atoms with van der Waals surface area (Å²) in [5, 5.41) is 4.63. The molecule has 0 saturated heterocycles. The molecule has 0 radical (unpaired) electrons. The van der Waals surface area contributed by atoms with Gasteiger partial charge < -0.3 is 9.14 Å². The minimum Gasteiger partial charge on any atom is -0.508 e. The summed E-state index contributed by atoms with van der Waals surface area (Å²) in [6.07, 6.45) is 3.94. The van der Waals surface area contributed by atoms with Gasteiger partial charge in [-0.2, -0.15) is 11.2 Å². The van der Waals surface area contributed by atoms with Crippen LogP contribution in [0.3, 0.4) is 0 Å². The third kappa shape index (κ3) is 6.36. The molecule has 0 spiro atoms. The van der Waals surface area contributed by atoms with Gasteiger partial charge in [0.2, 0.25) is 0 Å². The van der Waals surface area contributed by atoms with Gasteiger partial charge >= 0.3 is 21.1 Å². The summed E-state index contributed by atoms with van der Waals surface area (Å²) in [5.74, 6) is 1.75. The summed E-state index contributed by atoms with van der Waals surface area (Å²) in [7, 11) is 0. The first-order chi connectivity index (χ1) is 19.7. The molecule has 0 amide bonds. The minimum atomic E-state index is -0.495. The third-order valence-electron chi connectivity index (χ3n) is 7.89. The van der Waals surface area contributed by atoms with Crippen LogP contribution in [-0.4, -0.2) is 24.1 Å². The molecule has 5 aromatic rings. The standard InChI is InChI=1S/C36H43N5O.Pt/c1-22(2)32-33(23(3)4)40-21-29(42-28-14-12-13-27(19-28)41-25(6)17-24(5)39-41)20-30(34(40)38-32)36(10,11)31-18-26(15-16-37-31)35(7,8)9;/h12-18,21-23H,1-11H3;/q-2;+2. The monoisotopic (exact) mass is 756 g/mol. The van der Waals surface area contributed by atoms with Crippen molar-refractivity contribution < 1.29 is 25.8 Å². The summed E-state index contributed by atoms with van der Waals surface area (Å²) in [5.41, 5.74) is 8.69. The average molecular weight is 757 g/mol. The van der Waals surface area contributed by atoms with E-state index in [2.05, 4.69) is 102 Å². The molecular formula is C36H43N5OPt. The molecule has 6 nitrogen and oxygen atoms in total. The van der Waals surface area contributed by atoms with Gasteiger partial charge in [0.1, 0.15) is 0 Å². The molecule has 0 bridgehead atoms. The van der Waals surface area contributed by atoms with Crippen molar-refractivity contribution in [1.82, 2.24) is 24.1 Å². The Morgan fingerprint density at radius 3 is 2.21 bits per heavy atom. The van der Waals surface area contributed by atoms with Crippen LogP contribution in [0.1, 0.15) is 114 Å². The molecule has 228 valence electrons. The van der Waals surface area contributed by atoms with Gasteiger partial charge in [-0.3, -0.25) is 14.6 Å². The molecule has 0 unspecified atom stereocenters. The maximum atomic E-state index is 6.53. The molecule has 0 aliphatic heterocycles. The van der Waals surface area contributed by atoms with Crippen molar-refractivity contribution in [3.05, 3.63) is 101 Å². The van der Waals surface area contributed by atoms with E-state index in [4.69, 9.17) is 14.7 Å². The van der Waals surface area contributed by atoms with Crippen molar-refractivity contribution >= 4 is 5.65 Å². The van der Waals surface area contributed by atoms with Crippen molar-refractivity contribution in [1.29, 1.82) is 0 Å². The van der Waals surface area contributed by atoms with E-state index >= 15 is 0 Å². The van der Waals surface area contributed by atoms with Gasteiger partial charge in [0.05, 0.1) is 5.69 Å². The van der Waals surface area contributed by atoms with E-state index in [-0.39, 0.29) is 38.3 Å². The second-order valence-electron chi connectivity index (χ2n) is 13.5. The number of pyridine rings is 2. The van der Waals surface area contributed by atoms with E-state index in [9.17, 15) is 0 Å². The SMILES string of the molecule is Cc1cc(C)n(-c2[c-]c(Oc3[c-]c(C(C)(C)c4cc(C(C)(C)C)ccn4)c4nc(C(C)C)c(C(C)C)n4c3)ccc2)n1.[Pt+2]. The van der Waals surface area contributed by atoms with E-state index in [1.165, 1.54) is 11.3 Å². The van der Waals surface area contributed by atoms with Crippen LogP contribution in [0.15, 0.2) is 48.8 Å². The van der Waals surface area contributed by atoms with E-state index in [1.807, 2.05) is 49.1 Å². The number of imidazole rings is 1. The van der Waals surface area contributed by atoms with E-state index in [0.29, 0.717) is 11.5 Å². The molecule has 0 fully saturated rings. The molecule has 0 saturated carbocycles. The topological polar surface area (TPSA) is 57.2 Å². The fourth-order valence-electron chi connectivity index (χ4n) is 5.56. The first kappa shape index (κ1) is 32.7. The van der Waals surface area contributed by atoms with Gasteiger partial charge in [0.15, 0.2) is 0 Å². The van der Waals surface area contributed by atoms with Gasteiger partial charge in [0.25, 0.3) is 0 Å². The first-order valence-corrected chi connectivity index (χ1v) is 14.9. The van der Waals surface area contributed by atoms with Crippen LogP contribution in [-0.2, 0) is 31.9 Å². The summed E-state index contributed by atoms with van der Waals surface area (Å²) in [6.45, 7) is 24.0. The van der Waals surface area contributed by atoms with Gasteiger partial charge in [0, 0.05) is 51.5 Å². The van der Waals surface area contributed by atoms with Gasteiger partial charge in [-0.15, -0.1) is 29.8 Å². The predicted octanol–water partition coefficient (Wildman–Crippen LogP) is 8.79. The molecule has 4 aromatic heterocycles. The fourth-order valence-corrected chi connectivity index (χ4v) is 5.56. The van der Waals surface area contributed by atoms with Crippen LogP contribution >= 0.6 is 0 Å². The quantitative estimate of drug-likeness (QED) is 0.156. The smallest absolute Gasteiger partial charge is 0.508 e. The van der Waals surface area contributed by atoms with Crippen molar-refractivity contribution in [2.45, 2.75) is 98.8 Å². The number of benzene rings is 1. The molecule has 43 heavy (non-hydrogen) atoms. The molecule has 4 heterocycles. The first-order valence-electron chi connectivity index (χ1n) is 14.9. The third-order valence-corrected chi connectivity index (χ3v) is 7.89. The average Bonchev–Trinajstić information content (AvgIpc) is 3.47. The molecule has 0 N–H and O–H groups in total. The number of aryl methyl sites for hydroxylation is 2. The Kier molecular flexibility index (Phi) is 9.14. The van der Waals surface area contributed by atoms with Gasteiger partial charge in [-0.25, -0.2) is 0 Å². The maximum absolute atomic E-state index is 6.53. The Hall–Kier alpha value is -3.24. The predicted molar refractivity (Wildman–Crippen MR) is 169 cm³/mol. The number of hydrogen-bond donors (Lipinski definition) is 0. The number of nitrogens with zero attached hydrogens (tertiary/aromatic N) is 5. The Labute approximate surface area is 271 Å². The zero-order valence-corrected chi connectivity index (χ0v) is 29.5. The number of ether oxygens (including phenoxy) is 1. The molecule has 1 aromatic carbocycles. The molecule has 5 rings (SSSR count). The number of aromatic nitrogens is 5. The van der Waals surface area contributed by atoms with Crippen molar-refractivity contribution in [2.24, 2.45) is 0 Å². The van der Waals surface area contributed by atoms with Gasteiger partial charge in [-0.05, 0) is 60.5 Å². The summed E-state index contributed by atoms with van der Waals surface area (Å²) < 4.78 is 10.6. The van der Waals surface area contributed by atoms with Crippen LogP contribution in [0, 0.1) is 26.0 Å². The van der Waals surface area contributed by atoms with Crippen molar-refractivity contribution in [3.8, 4) is 17.2 Å². The molecule has 0 aliphatic carbocycles. The van der Waals surface area contributed by atoms with Crippen LogP contribution in [0.2, 0.25) is 0 Å². The molecule has 0 atom stereocenters. The summed E-state index contributed by atoms with van der Waals surface area (Å²) >= 11 is 0. The van der Waals surface area contributed by atoms with Crippen LogP contribution in [0.4, 0.5) is 0 Å². The molecule has 0 aliphatic rings. The Balaban J connectivity index is 0.00000423. The molecular weight excluding hydrogens is 714 g/mol. The second kappa shape index (κ2) is 12.0. The Bertz CT molecular complexity index is 1750. The number of hydrogen-bond acceptors (Lipinski definition) is 4. The summed E-state index contributed by atoms with van der Waals surface area (Å²) in [6, 6.07) is 19.3. The van der Waals surface area contributed by atoms with Crippen LogP contribution in [0.25, 0.3) is 11.3 Å². The fraction of sp³-hybridized carbons (Fsp3) is 0.417. The number of rotatable bonds is 7. The Morgan fingerprint density at radius 2 is 1.60 bits per heavy atom. The van der Waals surface area contributed by atoms with Crippen LogP contribution in [0.5, 0.6) is 11.5 Å². The zero-order chi connectivity index (χ0) is 30.6. The largest absolute Gasteiger partial charge is 2.00 e. The Morgan fingerprint density at radius 1 is 0.884 bits per heavy atom. The minimum absolute atomic E-state index is 0. The van der Waals surface area contributed by atoms with E-state index in [1.54, 1.807) is 0 Å². The summed E-state index contributed by atoms with van der Waals surface area (Å²) in [4.78, 5) is 10.1. The van der Waals surface area contributed by atoms with E-state index < -0.39 is 5.41 Å². The second-order valence-corrected chi connectivity index (χ2v) is 13.5. The van der Waals surface area contributed by atoms with Crippen molar-refractivity contribution in [3.63, 3.8) is 0 Å².